The van der Waals surface area contributed by atoms with Crippen LogP contribution >= 0.6 is 23.2 Å². The fourth-order valence-electron chi connectivity index (χ4n) is 4.64. The summed E-state index contributed by atoms with van der Waals surface area (Å²) in [4.78, 5) is 26.5. The van der Waals surface area contributed by atoms with Crippen LogP contribution < -0.4 is 10.2 Å². The number of hydrogen-bond donors (Lipinski definition) is 2. The highest BCUT2D eigenvalue weighted by atomic mass is 35.5. The molecule has 1 aliphatic rings. The maximum atomic E-state index is 12.6. The van der Waals surface area contributed by atoms with Crippen LogP contribution in [-0.4, -0.2) is 54.7 Å². The first-order chi connectivity index (χ1) is 17.5. The van der Waals surface area contributed by atoms with Gasteiger partial charge in [0.2, 0.25) is 0 Å². The van der Waals surface area contributed by atoms with Crippen molar-refractivity contribution in [3.63, 3.8) is 0 Å². The summed E-state index contributed by atoms with van der Waals surface area (Å²) in [5.74, 6) is -0.269. The summed E-state index contributed by atoms with van der Waals surface area (Å²) in [6, 6.07) is 22.5. The summed E-state index contributed by atoms with van der Waals surface area (Å²) in [5.41, 5.74) is 6.19. The highest BCUT2D eigenvalue weighted by molar-refractivity contribution is 6.18. The Hall–Kier alpha value is -3.22. The Kier molecular flexibility index (Phi) is 8.73. The predicted molar refractivity (Wildman–Crippen MR) is 143 cm³/mol. The van der Waals surface area contributed by atoms with Gasteiger partial charge in [0, 0.05) is 42.9 Å². The first-order valence-electron chi connectivity index (χ1n) is 11.8. The van der Waals surface area contributed by atoms with E-state index in [-0.39, 0.29) is 18.9 Å². The summed E-state index contributed by atoms with van der Waals surface area (Å²) < 4.78 is 5.52. The van der Waals surface area contributed by atoms with Crippen LogP contribution in [0.2, 0.25) is 0 Å². The first kappa shape index (κ1) is 25.9. The number of carbonyl (C=O) groups excluding carboxylic acids is 1. The van der Waals surface area contributed by atoms with E-state index < -0.39 is 18.1 Å². The third-order valence-corrected chi connectivity index (χ3v) is 6.72. The van der Waals surface area contributed by atoms with Gasteiger partial charge in [-0.3, -0.25) is 0 Å². The van der Waals surface area contributed by atoms with E-state index in [1.54, 1.807) is 0 Å². The topological polar surface area (TPSA) is 78.9 Å². The van der Waals surface area contributed by atoms with Crippen LogP contribution in [-0.2, 0) is 16.0 Å². The van der Waals surface area contributed by atoms with Crippen LogP contribution in [0.5, 0.6) is 0 Å². The van der Waals surface area contributed by atoms with Gasteiger partial charge in [0.15, 0.2) is 0 Å². The fraction of sp³-hybridized carbons (Fsp3) is 0.286. The van der Waals surface area contributed by atoms with Gasteiger partial charge in [-0.1, -0.05) is 60.7 Å². The summed E-state index contributed by atoms with van der Waals surface area (Å²) >= 11 is 11.8. The minimum atomic E-state index is -1.13. The van der Waals surface area contributed by atoms with Gasteiger partial charge < -0.3 is 20.1 Å². The second-order valence-electron chi connectivity index (χ2n) is 8.60. The number of halogens is 2. The number of carboxylic acid groups (broad SMARTS) is 1. The van der Waals surface area contributed by atoms with Crippen molar-refractivity contribution >= 4 is 41.0 Å². The number of amides is 1. The smallest absolute Gasteiger partial charge is 0.407 e. The van der Waals surface area contributed by atoms with Gasteiger partial charge >= 0.3 is 12.1 Å². The number of alkyl carbamates (subject to hydrolysis) is 1. The lowest BCUT2D eigenvalue weighted by molar-refractivity contribution is -0.139. The Morgan fingerprint density at radius 2 is 1.44 bits per heavy atom. The Balaban J connectivity index is 1.38. The number of nitrogens with one attached hydrogen (secondary N) is 1. The lowest BCUT2D eigenvalue weighted by atomic mass is 9.98. The molecule has 188 valence electrons. The largest absolute Gasteiger partial charge is 0.480 e. The standard InChI is InChI=1S/C28H28Cl2N2O4/c29-13-15-32(16-14-30)20-11-9-19(10-12-20)17-26(27(33)34)31-28(35)36-18-25-23-7-3-1-5-21(23)22-6-2-4-8-24(22)25/h1-12,25-26H,13-18H2,(H,31,35)(H,33,34)/t26-/m0/s1. The molecular formula is C28H28Cl2N2O4. The molecule has 8 heteroatoms. The maximum Gasteiger partial charge on any atom is 0.407 e. The van der Waals surface area contributed by atoms with E-state index in [4.69, 9.17) is 27.9 Å². The number of rotatable bonds is 11. The number of nitrogens with zero attached hydrogens (tertiary/aromatic N) is 1. The molecular weight excluding hydrogens is 499 g/mol. The van der Waals surface area contributed by atoms with Crippen LogP contribution in [0.3, 0.4) is 0 Å². The van der Waals surface area contributed by atoms with E-state index in [0.29, 0.717) is 24.8 Å². The molecule has 1 amide bonds. The van der Waals surface area contributed by atoms with Crippen molar-refractivity contribution in [2.24, 2.45) is 0 Å². The molecule has 3 aromatic rings. The maximum absolute atomic E-state index is 12.6. The molecule has 1 aliphatic carbocycles. The van der Waals surface area contributed by atoms with Crippen molar-refractivity contribution in [2.75, 3.05) is 36.4 Å². The van der Waals surface area contributed by atoms with Crippen LogP contribution in [0, 0.1) is 0 Å². The number of carbonyl (C=O) groups is 2. The predicted octanol–water partition coefficient (Wildman–Crippen LogP) is 5.51. The van der Waals surface area contributed by atoms with Crippen LogP contribution in [0.1, 0.15) is 22.6 Å². The molecule has 0 aromatic heterocycles. The summed E-state index contributed by atoms with van der Waals surface area (Å²) in [6.45, 7) is 1.45. The molecule has 3 aromatic carbocycles. The molecule has 0 spiro atoms. The Bertz CT molecular complexity index is 1150. The first-order valence-corrected chi connectivity index (χ1v) is 12.9. The van der Waals surface area contributed by atoms with E-state index >= 15 is 0 Å². The summed E-state index contributed by atoms with van der Waals surface area (Å²) in [5, 5.41) is 12.2. The van der Waals surface area contributed by atoms with Gasteiger partial charge in [0.25, 0.3) is 0 Å². The highest BCUT2D eigenvalue weighted by Gasteiger charge is 2.29. The zero-order valence-corrected chi connectivity index (χ0v) is 21.2. The van der Waals surface area contributed by atoms with Crippen molar-refractivity contribution in [3.8, 4) is 11.1 Å². The van der Waals surface area contributed by atoms with Crippen molar-refractivity contribution in [1.82, 2.24) is 5.32 Å². The zero-order chi connectivity index (χ0) is 25.5. The number of hydrogen-bond acceptors (Lipinski definition) is 4. The van der Waals surface area contributed by atoms with Crippen LogP contribution in [0.25, 0.3) is 11.1 Å². The van der Waals surface area contributed by atoms with Gasteiger partial charge in [-0.15, -0.1) is 23.2 Å². The second-order valence-corrected chi connectivity index (χ2v) is 9.35. The average Bonchev–Trinajstić information content (AvgIpc) is 3.21. The molecule has 2 N–H and O–H groups in total. The average molecular weight is 527 g/mol. The van der Waals surface area contributed by atoms with Crippen molar-refractivity contribution in [3.05, 3.63) is 89.5 Å². The normalized spacial score (nSPS) is 12.9. The van der Waals surface area contributed by atoms with E-state index in [2.05, 4.69) is 22.3 Å². The van der Waals surface area contributed by atoms with E-state index in [0.717, 1.165) is 33.5 Å². The lowest BCUT2D eigenvalue weighted by Crippen LogP contribution is -2.42. The molecule has 0 bridgehead atoms. The van der Waals surface area contributed by atoms with Gasteiger partial charge in [0.1, 0.15) is 12.6 Å². The molecule has 36 heavy (non-hydrogen) atoms. The van der Waals surface area contributed by atoms with Crippen molar-refractivity contribution < 1.29 is 19.4 Å². The van der Waals surface area contributed by atoms with Gasteiger partial charge in [-0.25, -0.2) is 9.59 Å². The Labute approximate surface area is 220 Å². The third-order valence-electron chi connectivity index (χ3n) is 6.38. The van der Waals surface area contributed by atoms with E-state index in [9.17, 15) is 14.7 Å². The summed E-state index contributed by atoms with van der Waals surface area (Å²) in [6.07, 6.45) is -0.624. The van der Waals surface area contributed by atoms with Crippen molar-refractivity contribution in [1.29, 1.82) is 0 Å². The quantitative estimate of drug-likeness (QED) is 0.322. The number of anilines is 1. The van der Waals surface area contributed by atoms with Crippen LogP contribution in [0.4, 0.5) is 10.5 Å². The number of benzene rings is 3. The number of fused-ring (bicyclic) bond motifs is 3. The monoisotopic (exact) mass is 526 g/mol. The van der Waals surface area contributed by atoms with Crippen molar-refractivity contribution in [2.45, 2.75) is 18.4 Å². The molecule has 0 heterocycles. The number of alkyl halides is 2. The lowest BCUT2D eigenvalue weighted by Gasteiger charge is -2.23. The minimum Gasteiger partial charge on any atom is -0.480 e. The molecule has 6 nitrogen and oxygen atoms in total. The van der Waals surface area contributed by atoms with Crippen LogP contribution in [0.15, 0.2) is 72.8 Å². The molecule has 0 saturated heterocycles. The SMILES string of the molecule is O=C(N[C@@H](Cc1ccc(N(CCCl)CCCl)cc1)C(=O)O)OCC1c2ccccc2-c2ccccc21. The Morgan fingerprint density at radius 3 is 1.97 bits per heavy atom. The highest BCUT2D eigenvalue weighted by Crippen LogP contribution is 2.44. The third kappa shape index (κ3) is 5.94. The summed E-state index contributed by atoms with van der Waals surface area (Å²) in [7, 11) is 0. The zero-order valence-electron chi connectivity index (χ0n) is 19.7. The van der Waals surface area contributed by atoms with Gasteiger partial charge in [0.05, 0.1) is 0 Å². The van der Waals surface area contributed by atoms with Gasteiger partial charge in [-0.05, 0) is 39.9 Å². The Morgan fingerprint density at radius 1 is 0.889 bits per heavy atom. The molecule has 0 radical (unpaired) electrons. The van der Waals surface area contributed by atoms with Gasteiger partial charge in [-0.2, -0.15) is 0 Å². The number of carboxylic acids is 1. The molecule has 0 fully saturated rings. The molecule has 0 saturated carbocycles. The van der Waals surface area contributed by atoms with E-state index in [1.165, 1.54) is 0 Å². The molecule has 0 unspecified atom stereocenters. The van der Waals surface area contributed by atoms with E-state index in [1.807, 2.05) is 60.7 Å². The molecule has 1 atom stereocenters. The fourth-order valence-corrected chi connectivity index (χ4v) is 5.04. The second kappa shape index (κ2) is 12.2. The number of ether oxygens (including phenoxy) is 1. The number of aliphatic carboxylic acids is 1. The minimum absolute atomic E-state index is 0.0945. The molecule has 0 aliphatic heterocycles. The molecule has 4 rings (SSSR count).